The molecule has 4 heteroatoms. The van der Waals surface area contributed by atoms with Crippen molar-refractivity contribution < 1.29 is 0 Å². The first-order valence-corrected chi connectivity index (χ1v) is 10.5. The molecule has 0 saturated heterocycles. The Balaban J connectivity index is 1.93. The molecule has 28 heavy (non-hydrogen) atoms. The van der Waals surface area contributed by atoms with E-state index in [-0.39, 0.29) is 0 Å². The SMILES string of the molecule is CCc1cccc(C)c1Nc1ncnc2sc(C)c(-c3ccc(C)c(C)c3)c12. The molecule has 2 aromatic carbocycles. The fraction of sp³-hybridized carbons (Fsp3) is 0.250. The average Bonchev–Trinajstić information content (AvgIpc) is 3.02. The van der Waals surface area contributed by atoms with Gasteiger partial charge >= 0.3 is 0 Å². The maximum Gasteiger partial charge on any atom is 0.143 e. The van der Waals surface area contributed by atoms with Gasteiger partial charge in [-0.25, -0.2) is 9.97 Å². The van der Waals surface area contributed by atoms with Crippen LogP contribution in [-0.4, -0.2) is 9.97 Å². The number of anilines is 2. The molecule has 142 valence electrons. The number of rotatable bonds is 4. The zero-order chi connectivity index (χ0) is 19.8. The molecule has 1 N–H and O–H groups in total. The molecule has 0 aliphatic heterocycles. The molecular formula is C24H25N3S. The van der Waals surface area contributed by atoms with Crippen LogP contribution < -0.4 is 5.32 Å². The predicted molar refractivity (Wildman–Crippen MR) is 121 cm³/mol. The first kappa shape index (κ1) is 18.6. The average molecular weight is 388 g/mol. The Hall–Kier alpha value is -2.72. The van der Waals surface area contributed by atoms with Crippen molar-refractivity contribution in [2.24, 2.45) is 0 Å². The topological polar surface area (TPSA) is 37.8 Å². The van der Waals surface area contributed by atoms with Gasteiger partial charge in [-0.1, -0.05) is 43.3 Å². The van der Waals surface area contributed by atoms with E-state index in [2.05, 4.69) is 86.3 Å². The number of aryl methyl sites for hydroxylation is 5. The van der Waals surface area contributed by atoms with Crippen LogP contribution in [-0.2, 0) is 6.42 Å². The van der Waals surface area contributed by atoms with Gasteiger partial charge in [-0.15, -0.1) is 11.3 Å². The van der Waals surface area contributed by atoms with Crippen molar-refractivity contribution >= 4 is 33.1 Å². The van der Waals surface area contributed by atoms with Gasteiger partial charge in [-0.2, -0.15) is 0 Å². The van der Waals surface area contributed by atoms with E-state index in [4.69, 9.17) is 0 Å². The van der Waals surface area contributed by atoms with Crippen molar-refractivity contribution in [1.82, 2.24) is 9.97 Å². The van der Waals surface area contributed by atoms with Gasteiger partial charge in [0, 0.05) is 16.1 Å². The number of hydrogen-bond donors (Lipinski definition) is 1. The molecule has 2 heterocycles. The standard InChI is InChI=1S/C24H25N3S/c1-6-18-9-7-8-15(3)22(18)27-23-21-20(17(5)28-24(21)26-13-25-23)19-11-10-14(2)16(4)12-19/h7-13H,6H2,1-5H3,(H,25,26,27). The van der Waals surface area contributed by atoms with E-state index in [1.807, 2.05) is 0 Å². The number of nitrogens with zero attached hydrogens (tertiary/aromatic N) is 2. The number of fused-ring (bicyclic) bond motifs is 1. The van der Waals surface area contributed by atoms with E-state index in [0.717, 1.165) is 28.1 Å². The van der Waals surface area contributed by atoms with Crippen molar-refractivity contribution in [3.63, 3.8) is 0 Å². The van der Waals surface area contributed by atoms with Gasteiger partial charge in [0.1, 0.15) is 17.0 Å². The number of para-hydroxylation sites is 1. The fourth-order valence-electron chi connectivity index (χ4n) is 3.70. The summed E-state index contributed by atoms with van der Waals surface area (Å²) in [5.41, 5.74) is 8.75. The number of thiophene rings is 1. The molecule has 0 amide bonds. The van der Waals surface area contributed by atoms with Crippen molar-refractivity contribution in [3.8, 4) is 11.1 Å². The van der Waals surface area contributed by atoms with Gasteiger partial charge in [-0.05, 0) is 61.9 Å². The Morgan fingerprint density at radius 2 is 1.75 bits per heavy atom. The highest BCUT2D eigenvalue weighted by molar-refractivity contribution is 7.19. The minimum absolute atomic E-state index is 0.881. The fourth-order valence-corrected chi connectivity index (χ4v) is 4.72. The number of benzene rings is 2. The highest BCUT2D eigenvalue weighted by Crippen LogP contribution is 2.41. The summed E-state index contributed by atoms with van der Waals surface area (Å²) in [6.45, 7) is 10.8. The highest BCUT2D eigenvalue weighted by Gasteiger charge is 2.18. The Bertz CT molecular complexity index is 1170. The molecule has 0 bridgehead atoms. The number of nitrogens with one attached hydrogen (secondary N) is 1. The first-order chi connectivity index (χ1) is 13.5. The van der Waals surface area contributed by atoms with E-state index >= 15 is 0 Å². The van der Waals surface area contributed by atoms with Crippen LogP contribution in [0, 0.1) is 27.7 Å². The summed E-state index contributed by atoms with van der Waals surface area (Å²) in [5.74, 6) is 0.881. The van der Waals surface area contributed by atoms with Gasteiger partial charge in [0.05, 0.1) is 5.39 Å². The summed E-state index contributed by atoms with van der Waals surface area (Å²) < 4.78 is 0. The molecule has 0 aliphatic rings. The summed E-state index contributed by atoms with van der Waals surface area (Å²) in [4.78, 5) is 11.5. The molecule has 3 nitrogen and oxygen atoms in total. The highest BCUT2D eigenvalue weighted by atomic mass is 32.1. The third kappa shape index (κ3) is 3.18. The monoisotopic (exact) mass is 387 g/mol. The van der Waals surface area contributed by atoms with Crippen LogP contribution in [0.4, 0.5) is 11.5 Å². The van der Waals surface area contributed by atoms with Crippen molar-refractivity contribution in [2.45, 2.75) is 41.0 Å². The van der Waals surface area contributed by atoms with Gasteiger partial charge in [0.25, 0.3) is 0 Å². The van der Waals surface area contributed by atoms with Crippen molar-refractivity contribution in [2.75, 3.05) is 5.32 Å². The smallest absolute Gasteiger partial charge is 0.143 e. The molecule has 2 aromatic heterocycles. The second-order valence-corrected chi connectivity index (χ2v) is 8.53. The van der Waals surface area contributed by atoms with E-state index in [0.29, 0.717) is 0 Å². The van der Waals surface area contributed by atoms with Crippen LogP contribution in [0.25, 0.3) is 21.3 Å². The molecule has 0 radical (unpaired) electrons. The molecule has 0 saturated carbocycles. The molecule has 4 rings (SSSR count). The summed E-state index contributed by atoms with van der Waals surface area (Å²) >= 11 is 1.73. The van der Waals surface area contributed by atoms with E-state index in [1.54, 1.807) is 17.7 Å². The van der Waals surface area contributed by atoms with Crippen LogP contribution in [0.1, 0.15) is 34.1 Å². The first-order valence-electron chi connectivity index (χ1n) is 9.66. The van der Waals surface area contributed by atoms with Crippen LogP contribution in [0.15, 0.2) is 42.7 Å². The van der Waals surface area contributed by atoms with E-state index in [9.17, 15) is 0 Å². The van der Waals surface area contributed by atoms with Gasteiger partial charge < -0.3 is 5.32 Å². The van der Waals surface area contributed by atoms with Crippen LogP contribution >= 0.6 is 11.3 Å². The third-order valence-corrected chi connectivity index (χ3v) is 6.46. The maximum atomic E-state index is 4.64. The molecule has 0 fully saturated rings. The molecule has 0 unspecified atom stereocenters. The zero-order valence-electron chi connectivity index (χ0n) is 17.1. The largest absolute Gasteiger partial charge is 0.339 e. The van der Waals surface area contributed by atoms with E-state index < -0.39 is 0 Å². The molecule has 0 atom stereocenters. The van der Waals surface area contributed by atoms with Gasteiger partial charge in [0.2, 0.25) is 0 Å². The molecule has 0 aliphatic carbocycles. The lowest BCUT2D eigenvalue weighted by Crippen LogP contribution is -2.01. The van der Waals surface area contributed by atoms with Crippen LogP contribution in [0.5, 0.6) is 0 Å². The number of aromatic nitrogens is 2. The van der Waals surface area contributed by atoms with Crippen molar-refractivity contribution in [1.29, 1.82) is 0 Å². The molecule has 4 aromatic rings. The van der Waals surface area contributed by atoms with Gasteiger partial charge in [-0.3, -0.25) is 0 Å². The summed E-state index contributed by atoms with van der Waals surface area (Å²) in [6.07, 6.45) is 2.64. The van der Waals surface area contributed by atoms with E-state index in [1.165, 1.54) is 38.3 Å². The lowest BCUT2D eigenvalue weighted by Gasteiger charge is -2.15. The Morgan fingerprint density at radius 3 is 2.50 bits per heavy atom. The quantitative estimate of drug-likeness (QED) is 0.414. The Kier molecular flexibility index (Phi) is 4.90. The summed E-state index contributed by atoms with van der Waals surface area (Å²) in [7, 11) is 0. The lowest BCUT2D eigenvalue weighted by atomic mass is 9.99. The maximum absolute atomic E-state index is 4.64. The van der Waals surface area contributed by atoms with Crippen molar-refractivity contribution in [3.05, 3.63) is 69.9 Å². The minimum atomic E-state index is 0.881. The Labute approximate surface area is 170 Å². The number of hydrogen-bond acceptors (Lipinski definition) is 4. The van der Waals surface area contributed by atoms with Gasteiger partial charge in [0.15, 0.2) is 0 Å². The Morgan fingerprint density at radius 1 is 0.929 bits per heavy atom. The summed E-state index contributed by atoms with van der Waals surface area (Å²) in [6, 6.07) is 13.1. The van der Waals surface area contributed by atoms with Crippen LogP contribution in [0.2, 0.25) is 0 Å². The second-order valence-electron chi connectivity index (χ2n) is 7.32. The molecule has 0 spiro atoms. The predicted octanol–water partition coefficient (Wildman–Crippen LogP) is 6.90. The minimum Gasteiger partial charge on any atom is -0.339 e. The normalized spacial score (nSPS) is 11.2. The van der Waals surface area contributed by atoms with Crippen LogP contribution in [0.3, 0.4) is 0 Å². The third-order valence-electron chi connectivity index (χ3n) is 5.44. The zero-order valence-corrected chi connectivity index (χ0v) is 17.9. The summed E-state index contributed by atoms with van der Waals surface area (Å²) in [5, 5.41) is 4.75. The molecular weight excluding hydrogens is 362 g/mol. The lowest BCUT2D eigenvalue weighted by molar-refractivity contribution is 1.13. The second kappa shape index (κ2) is 7.36.